The van der Waals surface area contributed by atoms with E-state index >= 15 is 0 Å². The molecule has 0 atom stereocenters. The lowest BCUT2D eigenvalue weighted by atomic mass is 9.94. The van der Waals surface area contributed by atoms with Crippen molar-refractivity contribution in [1.29, 1.82) is 0 Å². The van der Waals surface area contributed by atoms with Crippen molar-refractivity contribution >= 4 is 18.0 Å². The Morgan fingerprint density at radius 1 is 1.15 bits per heavy atom. The van der Waals surface area contributed by atoms with Crippen LogP contribution in [-0.2, 0) is 14.3 Å². The monoisotopic (exact) mass is 361 g/mol. The van der Waals surface area contributed by atoms with Gasteiger partial charge >= 0.3 is 5.97 Å². The SMILES string of the molecule is COc1cccc(/C=C/C(=O)OCC(=O)N(C)C2CCCCC2)c1OC. The molecule has 0 aliphatic heterocycles. The first-order valence-corrected chi connectivity index (χ1v) is 8.88. The predicted octanol–water partition coefficient (Wildman–Crippen LogP) is 3.05. The van der Waals surface area contributed by atoms with Gasteiger partial charge in [0.2, 0.25) is 0 Å². The standard InChI is InChI=1S/C20H27NO5/c1-21(16-9-5-4-6-10-16)18(22)14-26-19(23)13-12-15-8-7-11-17(24-2)20(15)25-3/h7-8,11-13,16H,4-6,9-10,14H2,1-3H3/b13-12+. The lowest BCUT2D eigenvalue weighted by Crippen LogP contribution is -2.40. The molecular weight excluding hydrogens is 334 g/mol. The third kappa shape index (κ3) is 5.25. The first kappa shape index (κ1) is 19.8. The van der Waals surface area contributed by atoms with Crippen molar-refractivity contribution in [3.63, 3.8) is 0 Å². The normalized spacial score (nSPS) is 14.9. The molecule has 1 fully saturated rings. The van der Waals surface area contributed by atoms with Crippen LogP contribution < -0.4 is 9.47 Å². The molecule has 0 bridgehead atoms. The van der Waals surface area contributed by atoms with Gasteiger partial charge < -0.3 is 19.1 Å². The molecule has 142 valence electrons. The Labute approximate surface area is 154 Å². The van der Waals surface area contributed by atoms with Crippen molar-refractivity contribution in [2.45, 2.75) is 38.1 Å². The number of amides is 1. The molecule has 1 amide bonds. The zero-order valence-electron chi connectivity index (χ0n) is 15.7. The van der Waals surface area contributed by atoms with Crippen molar-refractivity contribution in [3.8, 4) is 11.5 Å². The molecule has 0 N–H and O–H groups in total. The first-order chi connectivity index (χ1) is 12.6. The molecule has 1 aromatic carbocycles. The fourth-order valence-corrected chi connectivity index (χ4v) is 3.16. The summed E-state index contributed by atoms with van der Waals surface area (Å²) in [5.74, 6) is 0.373. The molecule has 0 unspecified atom stereocenters. The van der Waals surface area contributed by atoms with E-state index < -0.39 is 5.97 Å². The van der Waals surface area contributed by atoms with Gasteiger partial charge in [0.15, 0.2) is 18.1 Å². The van der Waals surface area contributed by atoms with Crippen LogP contribution in [0.1, 0.15) is 37.7 Å². The predicted molar refractivity (Wildman–Crippen MR) is 99.2 cm³/mol. The smallest absolute Gasteiger partial charge is 0.331 e. The molecule has 2 rings (SSSR count). The Kier molecular flexibility index (Phi) is 7.51. The maximum absolute atomic E-state index is 12.2. The highest BCUT2D eigenvalue weighted by Crippen LogP contribution is 2.31. The molecule has 0 radical (unpaired) electrons. The molecule has 1 aliphatic rings. The molecule has 1 aliphatic carbocycles. The number of carbonyl (C=O) groups is 2. The van der Waals surface area contributed by atoms with E-state index in [2.05, 4.69) is 0 Å². The summed E-state index contributed by atoms with van der Waals surface area (Å²) < 4.78 is 15.6. The number of nitrogens with zero attached hydrogens (tertiary/aromatic N) is 1. The number of ether oxygens (including phenoxy) is 3. The van der Waals surface area contributed by atoms with Crippen molar-refractivity contribution < 1.29 is 23.8 Å². The topological polar surface area (TPSA) is 65.1 Å². The van der Waals surface area contributed by atoms with Crippen molar-refractivity contribution in [2.75, 3.05) is 27.9 Å². The summed E-state index contributed by atoms with van der Waals surface area (Å²) in [7, 11) is 4.87. The number of likely N-dealkylation sites (N-methyl/N-ethyl adjacent to an activating group) is 1. The molecule has 0 spiro atoms. The van der Waals surface area contributed by atoms with Crippen LogP contribution in [0.2, 0.25) is 0 Å². The maximum atomic E-state index is 12.2. The van der Waals surface area contributed by atoms with Gasteiger partial charge in [-0.1, -0.05) is 31.4 Å². The Balaban J connectivity index is 1.88. The van der Waals surface area contributed by atoms with Gasteiger partial charge in [-0.2, -0.15) is 0 Å². The van der Waals surface area contributed by atoms with Crippen LogP contribution in [0.15, 0.2) is 24.3 Å². The van der Waals surface area contributed by atoms with Gasteiger partial charge in [-0.15, -0.1) is 0 Å². The second kappa shape index (κ2) is 9.85. The van der Waals surface area contributed by atoms with Gasteiger partial charge in [-0.3, -0.25) is 4.79 Å². The molecule has 0 heterocycles. The lowest BCUT2D eigenvalue weighted by molar-refractivity contribution is -0.148. The number of carbonyl (C=O) groups excluding carboxylic acids is 2. The van der Waals surface area contributed by atoms with E-state index in [0.29, 0.717) is 17.1 Å². The highest BCUT2D eigenvalue weighted by Gasteiger charge is 2.22. The summed E-state index contributed by atoms with van der Waals surface area (Å²) in [5, 5.41) is 0. The van der Waals surface area contributed by atoms with Crippen LogP contribution in [0.4, 0.5) is 0 Å². The van der Waals surface area contributed by atoms with Crippen LogP contribution in [0, 0.1) is 0 Å². The van der Waals surface area contributed by atoms with Crippen LogP contribution in [0.5, 0.6) is 11.5 Å². The number of hydrogen-bond acceptors (Lipinski definition) is 5. The van der Waals surface area contributed by atoms with E-state index in [1.807, 2.05) is 0 Å². The summed E-state index contributed by atoms with van der Waals surface area (Å²) in [6.07, 6.45) is 8.42. The minimum Gasteiger partial charge on any atom is -0.493 e. The van der Waals surface area contributed by atoms with E-state index in [4.69, 9.17) is 14.2 Å². The zero-order valence-corrected chi connectivity index (χ0v) is 15.7. The number of para-hydroxylation sites is 1. The van der Waals surface area contributed by atoms with Gasteiger partial charge in [0.25, 0.3) is 5.91 Å². The van der Waals surface area contributed by atoms with E-state index in [1.54, 1.807) is 43.3 Å². The fourth-order valence-electron chi connectivity index (χ4n) is 3.16. The Morgan fingerprint density at radius 3 is 2.54 bits per heavy atom. The number of methoxy groups -OCH3 is 2. The number of esters is 1. The zero-order chi connectivity index (χ0) is 18.9. The second-order valence-corrected chi connectivity index (χ2v) is 6.32. The largest absolute Gasteiger partial charge is 0.493 e. The van der Waals surface area contributed by atoms with E-state index in [-0.39, 0.29) is 18.6 Å². The quantitative estimate of drug-likeness (QED) is 0.552. The van der Waals surface area contributed by atoms with Gasteiger partial charge in [0.05, 0.1) is 14.2 Å². The highest BCUT2D eigenvalue weighted by atomic mass is 16.5. The second-order valence-electron chi connectivity index (χ2n) is 6.32. The van der Waals surface area contributed by atoms with Crippen LogP contribution in [0.3, 0.4) is 0 Å². The molecule has 0 aromatic heterocycles. The first-order valence-electron chi connectivity index (χ1n) is 8.88. The van der Waals surface area contributed by atoms with Gasteiger partial charge in [0, 0.05) is 24.7 Å². The minimum atomic E-state index is -0.569. The number of rotatable bonds is 7. The van der Waals surface area contributed by atoms with Crippen LogP contribution >= 0.6 is 0 Å². The summed E-state index contributed by atoms with van der Waals surface area (Å²) in [4.78, 5) is 25.8. The fraction of sp³-hybridized carbons (Fsp3) is 0.500. The van der Waals surface area contributed by atoms with Gasteiger partial charge in [-0.05, 0) is 25.0 Å². The van der Waals surface area contributed by atoms with Crippen molar-refractivity contribution in [1.82, 2.24) is 4.90 Å². The van der Waals surface area contributed by atoms with Gasteiger partial charge in [0.1, 0.15) is 0 Å². The average Bonchev–Trinajstić information content (AvgIpc) is 2.69. The number of benzene rings is 1. The summed E-state index contributed by atoms with van der Waals surface area (Å²) in [5.41, 5.74) is 0.689. The highest BCUT2D eigenvalue weighted by molar-refractivity contribution is 5.89. The van der Waals surface area contributed by atoms with E-state index in [0.717, 1.165) is 25.7 Å². The van der Waals surface area contributed by atoms with E-state index in [1.165, 1.54) is 19.6 Å². The molecule has 0 saturated heterocycles. The Hall–Kier alpha value is -2.50. The third-order valence-electron chi connectivity index (χ3n) is 4.69. The summed E-state index contributed by atoms with van der Waals surface area (Å²) in [6, 6.07) is 5.63. The number of hydrogen-bond donors (Lipinski definition) is 0. The summed E-state index contributed by atoms with van der Waals surface area (Å²) in [6.45, 7) is -0.245. The minimum absolute atomic E-state index is 0.169. The summed E-state index contributed by atoms with van der Waals surface area (Å²) >= 11 is 0. The third-order valence-corrected chi connectivity index (χ3v) is 4.69. The van der Waals surface area contributed by atoms with Crippen molar-refractivity contribution in [2.24, 2.45) is 0 Å². The Bertz CT molecular complexity index is 650. The van der Waals surface area contributed by atoms with Gasteiger partial charge in [-0.25, -0.2) is 4.79 Å². The molecule has 1 aromatic rings. The molecule has 6 heteroatoms. The maximum Gasteiger partial charge on any atom is 0.331 e. The molecule has 26 heavy (non-hydrogen) atoms. The van der Waals surface area contributed by atoms with Crippen molar-refractivity contribution in [3.05, 3.63) is 29.8 Å². The van der Waals surface area contributed by atoms with Crippen LogP contribution in [-0.4, -0.2) is 50.7 Å². The van der Waals surface area contributed by atoms with E-state index in [9.17, 15) is 9.59 Å². The molecule has 1 saturated carbocycles. The van der Waals surface area contributed by atoms with Crippen LogP contribution in [0.25, 0.3) is 6.08 Å². The molecular formula is C20H27NO5. The molecule has 6 nitrogen and oxygen atoms in total. The Morgan fingerprint density at radius 2 is 1.88 bits per heavy atom. The lowest BCUT2D eigenvalue weighted by Gasteiger charge is -2.31. The average molecular weight is 361 g/mol.